The topological polar surface area (TPSA) is 45.3 Å². The number of para-hydroxylation sites is 1. The minimum absolute atomic E-state index is 0.00449. The molecule has 1 aromatic heterocycles. The molecule has 0 aliphatic carbocycles. The Morgan fingerprint density at radius 3 is 2.42 bits per heavy atom. The first-order chi connectivity index (χ1) is 17.5. The van der Waals surface area contributed by atoms with Gasteiger partial charge in [0.05, 0.1) is 23.9 Å². The third-order valence-electron chi connectivity index (χ3n) is 6.79. The smallest absolute Gasteiger partial charge is 0.255 e. The van der Waals surface area contributed by atoms with Gasteiger partial charge in [-0.15, -0.1) is 0 Å². The first-order valence-electron chi connectivity index (χ1n) is 11.6. The Morgan fingerprint density at radius 2 is 1.64 bits per heavy atom. The number of aromatic nitrogens is 1. The summed E-state index contributed by atoms with van der Waals surface area (Å²) in [5.74, 6) is 0.785. The van der Waals surface area contributed by atoms with Gasteiger partial charge in [-0.2, -0.15) is 0 Å². The second-order valence-electron chi connectivity index (χ2n) is 8.85. The molecule has 0 unspecified atom stereocenters. The number of H-pyrrole nitrogens is 1. The van der Waals surface area contributed by atoms with Crippen molar-refractivity contribution in [2.75, 3.05) is 7.11 Å². The molecule has 1 N–H and O–H groups in total. The van der Waals surface area contributed by atoms with Gasteiger partial charge in [0.15, 0.2) is 0 Å². The number of nitrogens with one attached hydrogen (secondary N) is 1. The van der Waals surface area contributed by atoms with Crippen molar-refractivity contribution in [1.29, 1.82) is 0 Å². The van der Waals surface area contributed by atoms with Crippen LogP contribution >= 0.6 is 23.2 Å². The Labute approximate surface area is 219 Å². The predicted molar refractivity (Wildman–Crippen MR) is 145 cm³/mol. The van der Waals surface area contributed by atoms with Gasteiger partial charge in [-0.05, 0) is 53.6 Å². The standard InChI is InChI=1S/C30H22Cl2N2O2/c1-36-20-13-10-18(11-14-20)17-34-29(21-6-2-3-7-22(21)30(34)35)27-24-8-4-5-9-26(24)33-28(27)23-15-12-19(31)16-25(23)32/h2-16,29,33H,17H2,1H3/t29-/m1/s1. The van der Waals surface area contributed by atoms with Gasteiger partial charge in [-0.1, -0.05) is 71.7 Å². The number of fused-ring (bicyclic) bond motifs is 2. The fourth-order valence-corrected chi connectivity index (χ4v) is 5.63. The number of hydrogen-bond donors (Lipinski definition) is 1. The summed E-state index contributed by atoms with van der Waals surface area (Å²) in [5.41, 5.74) is 6.44. The number of halogens is 2. The van der Waals surface area contributed by atoms with Crippen molar-refractivity contribution in [3.63, 3.8) is 0 Å². The van der Waals surface area contributed by atoms with E-state index in [-0.39, 0.29) is 11.9 Å². The van der Waals surface area contributed by atoms with E-state index in [1.54, 1.807) is 13.2 Å². The molecule has 5 aromatic rings. The first-order valence-corrected chi connectivity index (χ1v) is 12.4. The van der Waals surface area contributed by atoms with E-state index in [4.69, 9.17) is 27.9 Å². The molecule has 6 heteroatoms. The van der Waals surface area contributed by atoms with Crippen LogP contribution in [0, 0.1) is 0 Å². The average Bonchev–Trinajstić information content (AvgIpc) is 3.39. The summed E-state index contributed by atoms with van der Waals surface area (Å²) in [6, 6.07) is 29.0. The van der Waals surface area contributed by atoms with Gasteiger partial charge in [-0.25, -0.2) is 0 Å². The summed E-state index contributed by atoms with van der Waals surface area (Å²) in [6.07, 6.45) is 0. The molecule has 36 heavy (non-hydrogen) atoms. The molecule has 1 aliphatic rings. The van der Waals surface area contributed by atoms with Gasteiger partial charge in [0.1, 0.15) is 5.75 Å². The van der Waals surface area contributed by atoms with Crippen LogP contribution in [0.5, 0.6) is 5.75 Å². The number of benzene rings is 4. The van der Waals surface area contributed by atoms with Crippen LogP contribution in [-0.2, 0) is 6.54 Å². The summed E-state index contributed by atoms with van der Waals surface area (Å²) < 4.78 is 5.32. The highest BCUT2D eigenvalue weighted by atomic mass is 35.5. The number of methoxy groups -OCH3 is 1. The Kier molecular flexibility index (Phi) is 5.71. The van der Waals surface area contributed by atoms with Crippen molar-refractivity contribution in [1.82, 2.24) is 9.88 Å². The van der Waals surface area contributed by atoms with E-state index in [0.717, 1.165) is 50.2 Å². The third-order valence-corrected chi connectivity index (χ3v) is 7.34. The molecule has 1 amide bonds. The van der Waals surface area contributed by atoms with Crippen molar-refractivity contribution < 1.29 is 9.53 Å². The number of aromatic amines is 1. The van der Waals surface area contributed by atoms with Crippen molar-refractivity contribution in [3.05, 3.63) is 123 Å². The van der Waals surface area contributed by atoms with Gasteiger partial charge in [0, 0.05) is 39.2 Å². The van der Waals surface area contributed by atoms with Gasteiger partial charge in [0.2, 0.25) is 0 Å². The van der Waals surface area contributed by atoms with E-state index < -0.39 is 0 Å². The minimum atomic E-state index is -0.298. The molecule has 0 radical (unpaired) electrons. The molecule has 178 valence electrons. The quantitative estimate of drug-likeness (QED) is 0.260. The molecule has 1 aliphatic heterocycles. The van der Waals surface area contributed by atoms with Gasteiger partial charge < -0.3 is 14.6 Å². The van der Waals surface area contributed by atoms with Gasteiger partial charge >= 0.3 is 0 Å². The summed E-state index contributed by atoms with van der Waals surface area (Å²) in [7, 11) is 1.64. The maximum Gasteiger partial charge on any atom is 0.255 e. The SMILES string of the molecule is COc1ccc(CN2C(=O)c3ccccc3[C@@H]2c2c(-c3ccc(Cl)cc3Cl)[nH]c3ccccc23)cc1. The maximum atomic E-state index is 13.8. The van der Waals surface area contributed by atoms with Crippen molar-refractivity contribution in [3.8, 4) is 17.0 Å². The lowest BCUT2D eigenvalue weighted by atomic mass is 9.93. The molecule has 0 saturated heterocycles. The highest BCUT2D eigenvalue weighted by Crippen LogP contribution is 2.47. The fourth-order valence-electron chi connectivity index (χ4n) is 5.12. The number of rotatable bonds is 5. The van der Waals surface area contributed by atoms with Crippen LogP contribution in [0.3, 0.4) is 0 Å². The largest absolute Gasteiger partial charge is 0.497 e. The van der Waals surface area contributed by atoms with Crippen molar-refractivity contribution in [2.24, 2.45) is 0 Å². The number of amides is 1. The molecular weight excluding hydrogens is 491 g/mol. The number of carbonyl (C=O) groups excluding carboxylic acids is 1. The highest BCUT2D eigenvalue weighted by Gasteiger charge is 2.40. The van der Waals surface area contributed by atoms with Crippen LogP contribution in [0.2, 0.25) is 10.0 Å². The van der Waals surface area contributed by atoms with Crippen molar-refractivity contribution >= 4 is 40.0 Å². The zero-order valence-electron chi connectivity index (χ0n) is 19.5. The highest BCUT2D eigenvalue weighted by molar-refractivity contribution is 6.36. The lowest BCUT2D eigenvalue weighted by Crippen LogP contribution is -2.28. The Morgan fingerprint density at radius 1 is 0.889 bits per heavy atom. The lowest BCUT2D eigenvalue weighted by molar-refractivity contribution is 0.0737. The van der Waals surface area contributed by atoms with Gasteiger partial charge in [-0.3, -0.25) is 4.79 Å². The van der Waals surface area contributed by atoms with Crippen LogP contribution in [0.25, 0.3) is 22.2 Å². The van der Waals surface area contributed by atoms with E-state index in [1.165, 1.54) is 0 Å². The van der Waals surface area contributed by atoms with Crippen LogP contribution in [0.1, 0.15) is 33.1 Å². The Hall–Kier alpha value is -3.73. The third kappa shape index (κ3) is 3.74. The van der Waals surface area contributed by atoms with E-state index in [1.807, 2.05) is 83.8 Å². The Balaban J connectivity index is 1.57. The molecule has 4 aromatic carbocycles. The van der Waals surface area contributed by atoms with E-state index in [9.17, 15) is 4.79 Å². The van der Waals surface area contributed by atoms with E-state index in [0.29, 0.717) is 16.6 Å². The maximum absolute atomic E-state index is 13.8. The van der Waals surface area contributed by atoms with Crippen LogP contribution in [0.15, 0.2) is 91.0 Å². The predicted octanol–water partition coefficient (Wildman–Crippen LogP) is 7.90. The van der Waals surface area contributed by atoms with Gasteiger partial charge in [0.25, 0.3) is 5.91 Å². The lowest BCUT2D eigenvalue weighted by Gasteiger charge is -2.27. The molecule has 0 fully saturated rings. The second-order valence-corrected chi connectivity index (χ2v) is 9.70. The van der Waals surface area contributed by atoms with Crippen LogP contribution in [0.4, 0.5) is 0 Å². The molecule has 0 spiro atoms. The van der Waals surface area contributed by atoms with E-state index in [2.05, 4.69) is 11.1 Å². The summed E-state index contributed by atoms with van der Waals surface area (Å²) in [6.45, 7) is 0.454. The molecule has 6 rings (SSSR count). The monoisotopic (exact) mass is 512 g/mol. The van der Waals surface area contributed by atoms with E-state index >= 15 is 0 Å². The molecule has 4 nitrogen and oxygen atoms in total. The van der Waals surface area contributed by atoms with Crippen LogP contribution < -0.4 is 4.74 Å². The molecular formula is C30H22Cl2N2O2. The van der Waals surface area contributed by atoms with Crippen molar-refractivity contribution in [2.45, 2.75) is 12.6 Å². The van der Waals surface area contributed by atoms with Crippen LogP contribution in [-0.4, -0.2) is 22.9 Å². The number of ether oxygens (including phenoxy) is 1. The summed E-state index contributed by atoms with van der Waals surface area (Å²) in [4.78, 5) is 19.3. The first kappa shape index (κ1) is 22.7. The summed E-state index contributed by atoms with van der Waals surface area (Å²) in [5, 5.41) is 2.17. The second kappa shape index (κ2) is 9.05. The Bertz CT molecular complexity index is 1610. The number of carbonyl (C=O) groups is 1. The molecule has 0 saturated carbocycles. The minimum Gasteiger partial charge on any atom is -0.497 e. The normalized spacial score (nSPS) is 14.9. The zero-order chi connectivity index (χ0) is 24.8. The molecule has 0 bridgehead atoms. The number of nitrogens with zero attached hydrogens (tertiary/aromatic N) is 1. The zero-order valence-corrected chi connectivity index (χ0v) is 21.0. The fraction of sp³-hybridized carbons (Fsp3) is 0.100. The average molecular weight is 513 g/mol. The molecule has 2 heterocycles. The number of hydrogen-bond acceptors (Lipinski definition) is 2. The molecule has 1 atom stereocenters. The summed E-state index contributed by atoms with van der Waals surface area (Å²) >= 11 is 12.9.